The van der Waals surface area contributed by atoms with Gasteiger partial charge in [-0.3, -0.25) is 0 Å². The maximum Gasteiger partial charge on any atom is 0.0189 e. The normalized spacial score (nSPS) is 12.1. The quantitative estimate of drug-likeness (QED) is 0.712. The second-order valence-corrected chi connectivity index (χ2v) is 5.23. The van der Waals surface area contributed by atoms with Crippen molar-refractivity contribution in [3.05, 3.63) is 21.4 Å². The van der Waals surface area contributed by atoms with E-state index < -0.39 is 0 Å². The summed E-state index contributed by atoms with van der Waals surface area (Å²) in [7, 11) is 0. The van der Waals surface area contributed by atoms with Gasteiger partial charge in [-0.2, -0.15) is 0 Å². The van der Waals surface area contributed by atoms with Crippen LogP contribution in [0.25, 0.3) is 0 Å². The third kappa shape index (κ3) is 1.70. The average molecular weight is 183 g/mol. The molecule has 2 N–H and O–H groups in total. The van der Waals surface area contributed by atoms with Crippen LogP contribution < -0.4 is 5.73 Å². The minimum Gasteiger partial charge on any atom is -0.326 e. The lowest BCUT2D eigenvalue weighted by Gasteiger charge is -2.20. The molecule has 0 aliphatic heterocycles. The molecule has 68 valence electrons. The SMILES string of the molecule is Cc1scc(CN)c1C(C)(C)C. The van der Waals surface area contributed by atoms with Crippen LogP contribution in [0.4, 0.5) is 0 Å². The van der Waals surface area contributed by atoms with Gasteiger partial charge in [-0.25, -0.2) is 0 Å². The van der Waals surface area contributed by atoms with Crippen molar-refractivity contribution in [2.75, 3.05) is 0 Å². The van der Waals surface area contributed by atoms with Gasteiger partial charge in [0.2, 0.25) is 0 Å². The van der Waals surface area contributed by atoms with Crippen LogP contribution in [0.2, 0.25) is 0 Å². The van der Waals surface area contributed by atoms with Crippen molar-refractivity contribution >= 4 is 11.3 Å². The van der Waals surface area contributed by atoms with Gasteiger partial charge in [0, 0.05) is 11.4 Å². The predicted octanol–water partition coefficient (Wildman–Crippen LogP) is 2.81. The van der Waals surface area contributed by atoms with Gasteiger partial charge in [0.05, 0.1) is 0 Å². The highest BCUT2D eigenvalue weighted by Crippen LogP contribution is 2.32. The van der Waals surface area contributed by atoms with Crippen LogP contribution >= 0.6 is 11.3 Å². The van der Waals surface area contributed by atoms with Crippen molar-refractivity contribution in [2.24, 2.45) is 5.73 Å². The van der Waals surface area contributed by atoms with Gasteiger partial charge in [0.15, 0.2) is 0 Å². The summed E-state index contributed by atoms with van der Waals surface area (Å²) in [6, 6.07) is 0. The summed E-state index contributed by atoms with van der Waals surface area (Å²) in [5, 5.41) is 2.18. The van der Waals surface area contributed by atoms with Gasteiger partial charge in [0.25, 0.3) is 0 Å². The second kappa shape index (κ2) is 3.19. The number of nitrogens with two attached hydrogens (primary N) is 1. The standard InChI is InChI=1S/C10H17NS/c1-7-9(10(2,3)4)8(5-11)6-12-7/h6H,5,11H2,1-4H3. The smallest absolute Gasteiger partial charge is 0.0189 e. The molecule has 1 aromatic rings. The van der Waals surface area contributed by atoms with Gasteiger partial charge in [-0.05, 0) is 28.8 Å². The molecule has 0 unspecified atom stereocenters. The first-order valence-corrected chi connectivity index (χ1v) is 5.12. The molecule has 0 aliphatic rings. The fourth-order valence-electron chi connectivity index (χ4n) is 1.66. The lowest BCUT2D eigenvalue weighted by molar-refractivity contribution is 0.582. The summed E-state index contributed by atoms with van der Waals surface area (Å²) in [5.74, 6) is 0. The van der Waals surface area contributed by atoms with Crippen molar-refractivity contribution < 1.29 is 0 Å². The van der Waals surface area contributed by atoms with Crippen LogP contribution in [0.3, 0.4) is 0 Å². The Bertz CT molecular complexity index is 268. The van der Waals surface area contributed by atoms with Crippen LogP contribution in [0.15, 0.2) is 5.38 Å². The summed E-state index contributed by atoms with van der Waals surface area (Å²) in [6.07, 6.45) is 0. The first-order valence-electron chi connectivity index (χ1n) is 4.24. The molecule has 0 aromatic carbocycles. The first-order chi connectivity index (χ1) is 5.46. The average Bonchev–Trinajstić information content (AvgIpc) is 2.29. The van der Waals surface area contributed by atoms with Crippen molar-refractivity contribution in [3.8, 4) is 0 Å². The van der Waals surface area contributed by atoms with E-state index in [1.54, 1.807) is 11.3 Å². The number of aryl methyl sites for hydroxylation is 1. The molecule has 1 rings (SSSR count). The Morgan fingerprint density at radius 1 is 1.42 bits per heavy atom. The molecule has 1 heterocycles. The zero-order valence-electron chi connectivity index (χ0n) is 8.27. The molecule has 1 nitrogen and oxygen atoms in total. The molecule has 2 heteroatoms. The fourth-order valence-corrected chi connectivity index (χ4v) is 2.75. The summed E-state index contributed by atoms with van der Waals surface area (Å²) < 4.78 is 0. The topological polar surface area (TPSA) is 26.0 Å². The maximum absolute atomic E-state index is 5.67. The van der Waals surface area contributed by atoms with E-state index in [4.69, 9.17) is 5.73 Å². The monoisotopic (exact) mass is 183 g/mol. The summed E-state index contributed by atoms with van der Waals surface area (Å²) in [5.41, 5.74) is 8.65. The molecular weight excluding hydrogens is 166 g/mol. The van der Waals surface area contributed by atoms with Crippen LogP contribution in [0.5, 0.6) is 0 Å². The Kier molecular flexibility index (Phi) is 2.59. The van der Waals surface area contributed by atoms with E-state index in [1.165, 1.54) is 16.0 Å². The highest BCUT2D eigenvalue weighted by Gasteiger charge is 2.20. The molecule has 0 atom stereocenters. The lowest BCUT2D eigenvalue weighted by atomic mass is 9.85. The van der Waals surface area contributed by atoms with E-state index in [0.717, 1.165) is 0 Å². The maximum atomic E-state index is 5.67. The Morgan fingerprint density at radius 3 is 2.33 bits per heavy atom. The molecule has 0 bridgehead atoms. The molecular formula is C10H17NS. The third-order valence-electron chi connectivity index (χ3n) is 2.02. The summed E-state index contributed by atoms with van der Waals surface area (Å²) in [6.45, 7) is 9.55. The van der Waals surface area contributed by atoms with Crippen molar-refractivity contribution in [1.82, 2.24) is 0 Å². The number of hydrogen-bond acceptors (Lipinski definition) is 2. The van der Waals surface area contributed by atoms with Crippen LogP contribution in [0, 0.1) is 6.92 Å². The zero-order valence-corrected chi connectivity index (χ0v) is 9.09. The number of rotatable bonds is 1. The van der Waals surface area contributed by atoms with Crippen molar-refractivity contribution in [2.45, 2.75) is 39.7 Å². The van der Waals surface area contributed by atoms with Crippen LogP contribution in [-0.2, 0) is 12.0 Å². The van der Waals surface area contributed by atoms with Crippen LogP contribution in [-0.4, -0.2) is 0 Å². The van der Waals surface area contributed by atoms with E-state index in [0.29, 0.717) is 6.54 Å². The number of hydrogen-bond donors (Lipinski definition) is 1. The minimum atomic E-state index is 0.235. The molecule has 0 radical (unpaired) electrons. The van der Waals surface area contributed by atoms with Gasteiger partial charge < -0.3 is 5.73 Å². The van der Waals surface area contributed by atoms with Gasteiger partial charge in [-0.1, -0.05) is 20.8 Å². The molecule has 0 spiro atoms. The molecule has 0 saturated heterocycles. The lowest BCUT2D eigenvalue weighted by Crippen LogP contribution is -2.15. The molecule has 0 amide bonds. The Labute approximate surface area is 78.6 Å². The molecule has 0 saturated carbocycles. The Hall–Kier alpha value is -0.340. The van der Waals surface area contributed by atoms with Crippen molar-refractivity contribution in [3.63, 3.8) is 0 Å². The van der Waals surface area contributed by atoms with E-state index in [-0.39, 0.29) is 5.41 Å². The second-order valence-electron chi connectivity index (χ2n) is 4.15. The summed E-state index contributed by atoms with van der Waals surface area (Å²) >= 11 is 1.80. The Balaban J connectivity index is 3.19. The largest absolute Gasteiger partial charge is 0.326 e. The fraction of sp³-hybridized carbons (Fsp3) is 0.600. The zero-order chi connectivity index (χ0) is 9.35. The highest BCUT2D eigenvalue weighted by atomic mass is 32.1. The number of thiophene rings is 1. The summed E-state index contributed by atoms with van der Waals surface area (Å²) in [4.78, 5) is 1.41. The van der Waals surface area contributed by atoms with E-state index in [2.05, 4.69) is 33.1 Å². The Morgan fingerprint density at radius 2 is 2.00 bits per heavy atom. The predicted molar refractivity (Wildman–Crippen MR) is 55.6 cm³/mol. The van der Waals surface area contributed by atoms with Gasteiger partial charge >= 0.3 is 0 Å². The van der Waals surface area contributed by atoms with Gasteiger partial charge in [-0.15, -0.1) is 11.3 Å². The van der Waals surface area contributed by atoms with Gasteiger partial charge in [0.1, 0.15) is 0 Å². The first kappa shape index (κ1) is 9.75. The molecule has 0 aliphatic carbocycles. The van der Waals surface area contributed by atoms with E-state index >= 15 is 0 Å². The van der Waals surface area contributed by atoms with Crippen molar-refractivity contribution in [1.29, 1.82) is 0 Å². The third-order valence-corrected chi connectivity index (χ3v) is 2.98. The van der Waals surface area contributed by atoms with Crippen LogP contribution in [0.1, 0.15) is 36.8 Å². The molecule has 1 aromatic heterocycles. The van der Waals surface area contributed by atoms with E-state index in [1.807, 2.05) is 0 Å². The minimum absolute atomic E-state index is 0.235. The van der Waals surface area contributed by atoms with E-state index in [9.17, 15) is 0 Å². The molecule has 0 fully saturated rings. The highest BCUT2D eigenvalue weighted by molar-refractivity contribution is 7.10. The molecule has 12 heavy (non-hydrogen) atoms.